The number of benzene rings is 3. The minimum atomic E-state index is -0.311. The van der Waals surface area contributed by atoms with E-state index in [4.69, 9.17) is 9.47 Å². The van der Waals surface area contributed by atoms with Gasteiger partial charge in [-0.3, -0.25) is 9.59 Å². The summed E-state index contributed by atoms with van der Waals surface area (Å²) in [6, 6.07) is 22.0. The van der Waals surface area contributed by atoms with Crippen LogP contribution in [0.15, 0.2) is 82.4 Å². The maximum atomic E-state index is 12.1. The second-order valence-electron chi connectivity index (χ2n) is 6.98. The van der Waals surface area contributed by atoms with E-state index in [-0.39, 0.29) is 24.8 Å². The topological polar surface area (TPSA) is 89.0 Å². The number of nitrogens with zero attached hydrogens (tertiary/aromatic N) is 1. The summed E-state index contributed by atoms with van der Waals surface area (Å²) < 4.78 is 12.0. The Balaban J connectivity index is 1.44. The van der Waals surface area contributed by atoms with Crippen LogP contribution >= 0.6 is 15.9 Å². The predicted octanol–water partition coefficient (Wildman–Crippen LogP) is 4.31. The maximum absolute atomic E-state index is 12.1. The van der Waals surface area contributed by atoms with Gasteiger partial charge in [-0.25, -0.2) is 5.43 Å². The molecule has 0 aliphatic heterocycles. The zero-order valence-corrected chi connectivity index (χ0v) is 19.7. The van der Waals surface area contributed by atoms with Gasteiger partial charge in [0.1, 0.15) is 18.1 Å². The molecule has 0 heterocycles. The average molecular weight is 510 g/mol. The molecule has 33 heavy (non-hydrogen) atoms. The number of hydrogen-bond donors (Lipinski definition) is 2. The summed E-state index contributed by atoms with van der Waals surface area (Å²) in [6.45, 7) is 0.609. The van der Waals surface area contributed by atoms with Crippen LogP contribution in [-0.4, -0.2) is 31.7 Å². The molecule has 3 aromatic rings. The third-order valence-electron chi connectivity index (χ3n) is 4.61. The van der Waals surface area contributed by atoms with Crippen molar-refractivity contribution >= 4 is 34.0 Å². The predicted molar refractivity (Wildman–Crippen MR) is 131 cm³/mol. The van der Waals surface area contributed by atoms with E-state index in [1.54, 1.807) is 31.4 Å². The summed E-state index contributed by atoms with van der Waals surface area (Å²) in [5.74, 6) is 0.759. The Morgan fingerprint density at radius 2 is 1.73 bits per heavy atom. The molecule has 0 aliphatic rings. The summed E-state index contributed by atoms with van der Waals surface area (Å²) in [5, 5.41) is 6.71. The first-order valence-corrected chi connectivity index (χ1v) is 11.0. The number of para-hydroxylation sites is 1. The summed E-state index contributed by atoms with van der Waals surface area (Å²) in [4.78, 5) is 24.1. The normalized spacial score (nSPS) is 10.6. The lowest BCUT2D eigenvalue weighted by atomic mass is 10.2. The Morgan fingerprint density at radius 3 is 2.45 bits per heavy atom. The Kier molecular flexibility index (Phi) is 9.02. The van der Waals surface area contributed by atoms with E-state index in [0.717, 1.165) is 15.6 Å². The Bertz CT molecular complexity index is 1100. The molecule has 0 spiro atoms. The highest BCUT2D eigenvalue weighted by Gasteiger charge is 2.07. The van der Waals surface area contributed by atoms with Crippen LogP contribution in [0.2, 0.25) is 0 Å². The average Bonchev–Trinajstić information content (AvgIpc) is 2.84. The summed E-state index contributed by atoms with van der Waals surface area (Å²) in [5.41, 5.74) is 4.74. The molecule has 0 fully saturated rings. The van der Waals surface area contributed by atoms with E-state index >= 15 is 0 Å². The fourth-order valence-corrected chi connectivity index (χ4v) is 3.09. The van der Waals surface area contributed by atoms with Gasteiger partial charge in [0.05, 0.1) is 13.3 Å². The molecule has 7 nitrogen and oxygen atoms in total. The van der Waals surface area contributed by atoms with Gasteiger partial charge in [0.25, 0.3) is 5.91 Å². The smallest absolute Gasteiger partial charge is 0.251 e. The van der Waals surface area contributed by atoms with Crippen molar-refractivity contribution in [3.63, 3.8) is 0 Å². The fraction of sp³-hybridized carbons (Fsp3) is 0.160. The lowest BCUT2D eigenvalue weighted by Crippen LogP contribution is -2.29. The summed E-state index contributed by atoms with van der Waals surface area (Å²) in [6.07, 6.45) is 1.63. The van der Waals surface area contributed by atoms with E-state index in [1.165, 1.54) is 6.21 Å². The van der Waals surface area contributed by atoms with Crippen molar-refractivity contribution in [1.82, 2.24) is 10.7 Å². The quantitative estimate of drug-likeness (QED) is 0.314. The zero-order chi connectivity index (χ0) is 23.5. The van der Waals surface area contributed by atoms with Crippen LogP contribution in [0.1, 0.15) is 27.9 Å². The van der Waals surface area contributed by atoms with Crippen LogP contribution in [0.3, 0.4) is 0 Å². The lowest BCUT2D eigenvalue weighted by Gasteiger charge is -2.09. The number of carbonyl (C=O) groups is 2. The van der Waals surface area contributed by atoms with Gasteiger partial charge in [-0.15, -0.1) is 0 Å². The van der Waals surface area contributed by atoms with E-state index in [0.29, 0.717) is 23.7 Å². The molecule has 0 bridgehead atoms. The minimum absolute atomic E-state index is 0.0982. The fourth-order valence-electron chi connectivity index (χ4n) is 2.82. The molecular weight excluding hydrogens is 486 g/mol. The second kappa shape index (κ2) is 12.4. The van der Waals surface area contributed by atoms with Crippen molar-refractivity contribution in [1.29, 1.82) is 0 Å². The molecule has 0 unspecified atom stereocenters. The van der Waals surface area contributed by atoms with E-state index in [2.05, 4.69) is 31.8 Å². The molecule has 0 saturated carbocycles. The molecule has 3 rings (SSSR count). The number of amides is 2. The molecule has 170 valence electrons. The number of nitrogens with one attached hydrogen (secondary N) is 2. The number of halogens is 1. The molecule has 2 N–H and O–H groups in total. The van der Waals surface area contributed by atoms with Gasteiger partial charge in [-0.05, 0) is 54.1 Å². The monoisotopic (exact) mass is 509 g/mol. The van der Waals surface area contributed by atoms with Crippen LogP contribution in [0.4, 0.5) is 0 Å². The number of ether oxygens (including phenoxy) is 2. The van der Waals surface area contributed by atoms with Crippen LogP contribution in [-0.2, 0) is 11.4 Å². The minimum Gasteiger partial charge on any atom is -0.497 e. The van der Waals surface area contributed by atoms with Gasteiger partial charge in [0.15, 0.2) is 0 Å². The first-order valence-electron chi connectivity index (χ1n) is 10.3. The number of hydrogen-bond acceptors (Lipinski definition) is 5. The number of methoxy groups -OCH3 is 1. The number of carbonyl (C=O) groups excluding carboxylic acids is 2. The maximum Gasteiger partial charge on any atom is 0.251 e. The highest BCUT2D eigenvalue weighted by atomic mass is 79.9. The van der Waals surface area contributed by atoms with Crippen LogP contribution in [0.25, 0.3) is 0 Å². The van der Waals surface area contributed by atoms with Crippen LogP contribution in [0.5, 0.6) is 11.5 Å². The Morgan fingerprint density at radius 1 is 1.00 bits per heavy atom. The van der Waals surface area contributed by atoms with Gasteiger partial charge >= 0.3 is 0 Å². The third-order valence-corrected chi connectivity index (χ3v) is 5.14. The zero-order valence-electron chi connectivity index (χ0n) is 18.1. The number of rotatable bonds is 10. The lowest BCUT2D eigenvalue weighted by molar-refractivity contribution is -0.120. The molecule has 0 aromatic heterocycles. The van der Waals surface area contributed by atoms with Crippen LogP contribution in [0, 0.1) is 0 Å². The summed E-state index contributed by atoms with van der Waals surface area (Å²) in [7, 11) is 1.56. The van der Waals surface area contributed by atoms with Crippen molar-refractivity contribution in [2.45, 2.75) is 13.0 Å². The first-order chi connectivity index (χ1) is 16.0. The number of hydrazone groups is 1. The second-order valence-corrected chi connectivity index (χ2v) is 7.90. The van der Waals surface area contributed by atoms with Crippen molar-refractivity contribution in [3.8, 4) is 11.5 Å². The van der Waals surface area contributed by atoms with Gasteiger partial charge < -0.3 is 14.8 Å². The van der Waals surface area contributed by atoms with E-state index in [1.807, 2.05) is 48.5 Å². The Hall–Kier alpha value is -3.65. The first kappa shape index (κ1) is 24.0. The molecule has 0 radical (unpaired) electrons. The van der Waals surface area contributed by atoms with Crippen molar-refractivity contribution in [2.75, 3.05) is 13.7 Å². The van der Waals surface area contributed by atoms with Crippen molar-refractivity contribution < 1.29 is 19.1 Å². The van der Waals surface area contributed by atoms with Gasteiger partial charge in [0, 0.05) is 28.6 Å². The van der Waals surface area contributed by atoms with Crippen molar-refractivity contribution in [2.24, 2.45) is 5.10 Å². The molecule has 8 heteroatoms. The SMILES string of the molecule is COc1ccc(C(=O)NCCC(=O)NN=Cc2ccccc2OCc2ccc(Br)cc2)cc1. The highest BCUT2D eigenvalue weighted by Crippen LogP contribution is 2.18. The molecule has 0 atom stereocenters. The molecule has 0 aliphatic carbocycles. The molecule has 0 saturated heterocycles. The van der Waals surface area contributed by atoms with E-state index in [9.17, 15) is 9.59 Å². The largest absolute Gasteiger partial charge is 0.497 e. The molecule has 3 aromatic carbocycles. The summed E-state index contributed by atoms with van der Waals surface area (Å²) >= 11 is 3.41. The van der Waals surface area contributed by atoms with E-state index < -0.39 is 0 Å². The molecule has 2 amide bonds. The van der Waals surface area contributed by atoms with Crippen molar-refractivity contribution in [3.05, 3.63) is 94.0 Å². The third kappa shape index (κ3) is 7.76. The van der Waals surface area contributed by atoms with Gasteiger partial charge in [-0.2, -0.15) is 5.10 Å². The van der Waals surface area contributed by atoms with Gasteiger partial charge in [-0.1, -0.05) is 40.2 Å². The Labute approximate surface area is 200 Å². The van der Waals surface area contributed by atoms with Crippen LogP contribution < -0.4 is 20.2 Å². The highest BCUT2D eigenvalue weighted by molar-refractivity contribution is 9.10. The standard InChI is InChI=1S/C25H24BrN3O4/c1-32-22-12-8-19(9-13-22)25(31)27-15-14-24(30)29-28-16-20-4-2-3-5-23(20)33-17-18-6-10-21(26)11-7-18/h2-13,16H,14-15,17H2,1H3,(H,27,31)(H,29,30). The molecular formula is C25H24BrN3O4. The van der Waals surface area contributed by atoms with Gasteiger partial charge in [0.2, 0.25) is 5.91 Å².